The lowest BCUT2D eigenvalue weighted by Crippen LogP contribution is -2.31. The van der Waals surface area contributed by atoms with Crippen LogP contribution in [0.2, 0.25) is 0 Å². The number of anilines is 3. The molecule has 0 aliphatic carbocycles. The molecule has 0 spiro atoms. The average Bonchev–Trinajstić information content (AvgIpc) is 3.24. The highest BCUT2D eigenvalue weighted by Crippen LogP contribution is 2.40. The normalized spacial score (nSPS) is 16.3. The van der Waals surface area contributed by atoms with Crippen molar-refractivity contribution in [2.24, 2.45) is 0 Å². The first-order valence-electron chi connectivity index (χ1n) is 19.8. The molecule has 1 aliphatic rings. The van der Waals surface area contributed by atoms with E-state index in [0.29, 0.717) is 37.2 Å². The Balaban J connectivity index is 0.988. The molecule has 11 heteroatoms. The van der Waals surface area contributed by atoms with Crippen molar-refractivity contribution in [3.8, 4) is 11.1 Å². The lowest BCUT2D eigenvalue weighted by molar-refractivity contribution is -0.245. The first-order chi connectivity index (χ1) is 28.2. The molecule has 1 saturated heterocycles. The molecule has 0 bridgehead atoms. The molecule has 0 radical (unpaired) electrons. The zero-order valence-corrected chi connectivity index (χ0v) is 33.6. The van der Waals surface area contributed by atoms with Crippen molar-refractivity contribution >= 4 is 46.5 Å². The molecule has 6 N–H and O–H groups in total. The van der Waals surface area contributed by atoms with Crippen LogP contribution in [-0.4, -0.2) is 34.7 Å². The number of carbonyl (C=O) groups is 3. The fraction of sp³-hybridized carbons (Fsp3) is 0.298. The van der Waals surface area contributed by atoms with Crippen LogP contribution in [0.5, 0.6) is 0 Å². The third-order valence-electron chi connectivity index (χ3n) is 9.95. The van der Waals surface area contributed by atoms with Crippen molar-refractivity contribution < 1.29 is 29.0 Å². The molecule has 1 heterocycles. The molecule has 5 aromatic carbocycles. The second kappa shape index (κ2) is 21.3. The van der Waals surface area contributed by atoms with E-state index in [1.165, 1.54) is 6.92 Å². The fourth-order valence-corrected chi connectivity index (χ4v) is 7.70. The van der Waals surface area contributed by atoms with Gasteiger partial charge in [0, 0.05) is 54.6 Å². The summed E-state index contributed by atoms with van der Waals surface area (Å²) in [4.78, 5) is 37.4. The molecule has 6 rings (SSSR count). The molecule has 58 heavy (non-hydrogen) atoms. The predicted octanol–water partition coefficient (Wildman–Crippen LogP) is 9.32. The van der Waals surface area contributed by atoms with Gasteiger partial charge in [0.15, 0.2) is 6.29 Å². The molecule has 0 aromatic heterocycles. The van der Waals surface area contributed by atoms with E-state index in [4.69, 9.17) is 15.2 Å². The zero-order chi connectivity index (χ0) is 40.7. The number of hydrogen-bond acceptors (Lipinski definition) is 8. The average molecular weight is 801 g/mol. The SMILES string of the molecule is CC(=O)Nc1ccc(SCC2CC(c3ccc(CO)cc3)OC(c3ccc(-c4cccc(CNC(=O)CCCCCCC(=O)Nc5ccccc5N)c4)cc3)O2)cc1. The number of nitrogens with two attached hydrogens (primary N) is 1. The highest BCUT2D eigenvalue weighted by Gasteiger charge is 2.32. The predicted molar refractivity (Wildman–Crippen MR) is 231 cm³/mol. The van der Waals surface area contributed by atoms with Gasteiger partial charge in [0.1, 0.15) is 0 Å². The Labute approximate surface area is 344 Å². The Bertz CT molecular complexity index is 2110. The van der Waals surface area contributed by atoms with Gasteiger partial charge in [-0.15, -0.1) is 11.8 Å². The van der Waals surface area contributed by atoms with Crippen molar-refractivity contribution in [2.45, 2.75) is 88.4 Å². The van der Waals surface area contributed by atoms with E-state index in [1.54, 1.807) is 23.9 Å². The van der Waals surface area contributed by atoms with Gasteiger partial charge >= 0.3 is 0 Å². The van der Waals surface area contributed by atoms with Gasteiger partial charge in [-0.1, -0.05) is 91.7 Å². The minimum Gasteiger partial charge on any atom is -0.397 e. The second-order valence-corrected chi connectivity index (χ2v) is 15.6. The van der Waals surface area contributed by atoms with Crippen molar-refractivity contribution in [3.63, 3.8) is 0 Å². The minimum absolute atomic E-state index is 0.0127. The van der Waals surface area contributed by atoms with E-state index < -0.39 is 6.29 Å². The molecule has 5 aromatic rings. The molecule has 1 fully saturated rings. The summed E-state index contributed by atoms with van der Waals surface area (Å²) in [6, 6.07) is 39.3. The second-order valence-electron chi connectivity index (χ2n) is 14.5. The maximum atomic E-state index is 12.6. The van der Waals surface area contributed by atoms with Gasteiger partial charge in [-0.25, -0.2) is 0 Å². The lowest BCUT2D eigenvalue weighted by atomic mass is 9.99. The van der Waals surface area contributed by atoms with Gasteiger partial charge in [0.2, 0.25) is 17.7 Å². The van der Waals surface area contributed by atoms with Crippen LogP contribution in [0.3, 0.4) is 0 Å². The minimum atomic E-state index is -0.571. The summed E-state index contributed by atoms with van der Waals surface area (Å²) in [5, 5.41) is 18.3. The number of thioether (sulfide) groups is 1. The monoisotopic (exact) mass is 800 g/mol. The molecule has 3 unspecified atom stereocenters. The number of rotatable bonds is 18. The Morgan fingerprint density at radius 2 is 1.43 bits per heavy atom. The number of nitrogen functional groups attached to an aromatic ring is 1. The summed E-state index contributed by atoms with van der Waals surface area (Å²) in [5.41, 5.74) is 13.7. The molecular weight excluding hydrogens is 749 g/mol. The van der Waals surface area contributed by atoms with Gasteiger partial charge in [0.05, 0.1) is 30.2 Å². The summed E-state index contributed by atoms with van der Waals surface area (Å²) in [7, 11) is 0. The summed E-state index contributed by atoms with van der Waals surface area (Å²) in [6.45, 7) is 1.92. The Kier molecular flexibility index (Phi) is 15.5. The number of benzene rings is 5. The van der Waals surface area contributed by atoms with Crippen LogP contribution in [-0.2, 0) is 37.0 Å². The maximum Gasteiger partial charge on any atom is 0.224 e. The fourth-order valence-electron chi connectivity index (χ4n) is 6.78. The molecule has 3 amide bonds. The van der Waals surface area contributed by atoms with E-state index in [0.717, 1.165) is 75.4 Å². The number of aliphatic hydroxyl groups excluding tert-OH is 1. The van der Waals surface area contributed by atoms with Gasteiger partial charge in [-0.2, -0.15) is 0 Å². The van der Waals surface area contributed by atoms with Crippen molar-refractivity contribution in [3.05, 3.63) is 144 Å². The smallest absolute Gasteiger partial charge is 0.224 e. The summed E-state index contributed by atoms with van der Waals surface area (Å²) >= 11 is 1.70. The van der Waals surface area contributed by atoms with E-state index in [9.17, 15) is 19.5 Å². The van der Waals surface area contributed by atoms with Crippen molar-refractivity contribution in [2.75, 3.05) is 22.1 Å². The van der Waals surface area contributed by atoms with E-state index in [2.05, 4.69) is 40.2 Å². The van der Waals surface area contributed by atoms with Crippen LogP contribution in [0.25, 0.3) is 11.1 Å². The number of aliphatic hydroxyl groups is 1. The summed E-state index contributed by atoms with van der Waals surface area (Å²) in [6.07, 6.45) is 3.98. The third-order valence-corrected chi connectivity index (χ3v) is 11.1. The molecule has 10 nitrogen and oxygen atoms in total. The van der Waals surface area contributed by atoms with Crippen molar-refractivity contribution in [1.29, 1.82) is 0 Å². The van der Waals surface area contributed by atoms with Crippen LogP contribution in [0.4, 0.5) is 17.1 Å². The molecule has 3 atom stereocenters. The zero-order valence-electron chi connectivity index (χ0n) is 32.8. The van der Waals surface area contributed by atoms with Crippen LogP contribution in [0.15, 0.2) is 126 Å². The number of para-hydroxylation sites is 2. The first-order valence-corrected chi connectivity index (χ1v) is 20.8. The van der Waals surface area contributed by atoms with Crippen LogP contribution in [0, 0.1) is 0 Å². The van der Waals surface area contributed by atoms with Gasteiger partial charge in [-0.05, 0) is 83.1 Å². The Hall–Kier alpha value is -5.46. The lowest BCUT2D eigenvalue weighted by Gasteiger charge is -2.36. The number of amides is 3. The van der Waals surface area contributed by atoms with Crippen LogP contribution >= 0.6 is 11.8 Å². The van der Waals surface area contributed by atoms with Gasteiger partial charge in [0.25, 0.3) is 0 Å². The highest BCUT2D eigenvalue weighted by molar-refractivity contribution is 7.99. The van der Waals surface area contributed by atoms with Gasteiger partial charge < -0.3 is 36.3 Å². The van der Waals surface area contributed by atoms with Crippen molar-refractivity contribution in [1.82, 2.24) is 5.32 Å². The number of ether oxygens (including phenoxy) is 2. The summed E-state index contributed by atoms with van der Waals surface area (Å²) < 4.78 is 13.1. The van der Waals surface area contributed by atoms with Gasteiger partial charge in [-0.3, -0.25) is 14.4 Å². The van der Waals surface area contributed by atoms with E-state index in [1.807, 2.05) is 84.9 Å². The molecular formula is C47H52N4O6S. The van der Waals surface area contributed by atoms with Crippen LogP contribution < -0.4 is 21.7 Å². The number of nitrogens with one attached hydrogen (secondary N) is 3. The largest absolute Gasteiger partial charge is 0.397 e. The first kappa shape index (κ1) is 42.2. The Morgan fingerprint density at radius 1 is 0.724 bits per heavy atom. The number of hydrogen-bond donors (Lipinski definition) is 5. The molecule has 1 aliphatic heterocycles. The summed E-state index contributed by atoms with van der Waals surface area (Å²) in [5.74, 6) is 0.577. The topological polar surface area (TPSA) is 152 Å². The van der Waals surface area contributed by atoms with Crippen LogP contribution in [0.1, 0.15) is 86.5 Å². The standard InChI is InChI=1S/C47H52N4O6S/c1-32(53)50-39-23-25-41(26-24-39)58-31-40-28-44(36-17-15-33(30-52)16-18-36)57-47(56-40)37-21-19-35(20-22-37)38-10-8-9-34(27-38)29-49-45(54)13-4-2-3-5-14-46(55)51-43-12-7-6-11-42(43)48/h6-12,15-27,40,44,47,52H,2-5,13-14,28-31,48H2,1H3,(H,49,54)(H,50,53)(H,51,55). The van der Waals surface area contributed by atoms with E-state index in [-0.39, 0.29) is 36.5 Å². The van der Waals surface area contributed by atoms with E-state index >= 15 is 0 Å². The number of unbranched alkanes of at least 4 members (excludes halogenated alkanes) is 3. The Morgan fingerprint density at radius 3 is 2.14 bits per heavy atom. The number of carbonyl (C=O) groups excluding carboxylic acids is 3. The molecule has 0 saturated carbocycles. The maximum absolute atomic E-state index is 12.6. The third kappa shape index (κ3) is 12.8. The quantitative estimate of drug-likeness (QED) is 0.0334. The molecule has 302 valence electrons. The highest BCUT2D eigenvalue weighted by atomic mass is 32.2.